The SMILES string of the molecule is O=C(Nc1nc2c(s1)C(=O)C[C@H](C(=O)N1CCCC[C@@H]1c1cccnc1)C2)c1ccco1. The minimum atomic E-state index is -0.442. The Bertz CT molecular complexity index is 1140. The minimum absolute atomic E-state index is 0.00766. The van der Waals surface area contributed by atoms with E-state index in [0.717, 1.165) is 36.2 Å². The molecule has 1 saturated heterocycles. The number of amides is 2. The third kappa shape index (κ3) is 3.95. The lowest BCUT2D eigenvalue weighted by atomic mass is 9.87. The molecule has 3 aromatic heterocycles. The molecule has 0 bridgehead atoms. The molecule has 4 heterocycles. The van der Waals surface area contributed by atoms with Gasteiger partial charge in [0.15, 0.2) is 16.7 Å². The first-order valence-electron chi connectivity index (χ1n) is 10.7. The van der Waals surface area contributed by atoms with Crippen LogP contribution in [-0.2, 0) is 11.2 Å². The molecule has 2 amide bonds. The molecule has 1 aliphatic carbocycles. The molecular weight excluding hydrogens is 428 g/mol. The van der Waals surface area contributed by atoms with Gasteiger partial charge in [-0.15, -0.1) is 0 Å². The Balaban J connectivity index is 1.33. The van der Waals surface area contributed by atoms with Gasteiger partial charge >= 0.3 is 0 Å². The molecule has 3 aromatic rings. The Morgan fingerprint density at radius 3 is 2.88 bits per heavy atom. The molecule has 0 saturated carbocycles. The fourth-order valence-electron chi connectivity index (χ4n) is 4.47. The number of nitrogens with one attached hydrogen (secondary N) is 1. The van der Waals surface area contributed by atoms with E-state index >= 15 is 0 Å². The predicted octanol–water partition coefficient (Wildman–Crippen LogP) is 3.88. The summed E-state index contributed by atoms with van der Waals surface area (Å²) in [6.45, 7) is 0.678. The largest absolute Gasteiger partial charge is 0.459 e. The van der Waals surface area contributed by atoms with Gasteiger partial charge in [0, 0.05) is 31.8 Å². The number of pyridine rings is 1. The van der Waals surface area contributed by atoms with Crippen LogP contribution in [0.1, 0.15) is 63.2 Å². The van der Waals surface area contributed by atoms with E-state index in [1.807, 2.05) is 23.2 Å². The number of thiazole rings is 1. The number of aromatic nitrogens is 2. The zero-order valence-corrected chi connectivity index (χ0v) is 18.1. The van der Waals surface area contributed by atoms with Crippen molar-refractivity contribution in [3.05, 3.63) is 64.8 Å². The summed E-state index contributed by atoms with van der Waals surface area (Å²) in [5, 5.41) is 3.02. The van der Waals surface area contributed by atoms with E-state index in [0.29, 0.717) is 28.7 Å². The molecule has 0 aromatic carbocycles. The summed E-state index contributed by atoms with van der Waals surface area (Å²) in [5.74, 6) is -0.803. The summed E-state index contributed by atoms with van der Waals surface area (Å²) in [4.78, 5) is 49.6. The lowest BCUT2D eigenvalue weighted by Crippen LogP contribution is -2.44. The van der Waals surface area contributed by atoms with Crippen molar-refractivity contribution in [1.82, 2.24) is 14.9 Å². The number of piperidine rings is 1. The molecule has 0 spiro atoms. The topological polar surface area (TPSA) is 105 Å². The van der Waals surface area contributed by atoms with Gasteiger partial charge in [0.2, 0.25) is 5.91 Å². The summed E-state index contributed by atoms with van der Waals surface area (Å²) < 4.78 is 5.10. The molecule has 2 aliphatic rings. The lowest BCUT2D eigenvalue weighted by Gasteiger charge is -2.38. The molecule has 1 aliphatic heterocycles. The monoisotopic (exact) mass is 450 g/mol. The molecule has 8 nitrogen and oxygen atoms in total. The van der Waals surface area contributed by atoms with E-state index in [-0.39, 0.29) is 29.9 Å². The number of hydrogen-bond donors (Lipinski definition) is 1. The first-order valence-corrected chi connectivity index (χ1v) is 11.5. The van der Waals surface area contributed by atoms with E-state index in [4.69, 9.17) is 4.42 Å². The van der Waals surface area contributed by atoms with Crippen LogP contribution in [0, 0.1) is 5.92 Å². The van der Waals surface area contributed by atoms with Crippen LogP contribution in [-0.4, -0.2) is 39.0 Å². The Labute approximate surface area is 188 Å². The maximum atomic E-state index is 13.5. The third-order valence-electron chi connectivity index (χ3n) is 5.99. The number of likely N-dealkylation sites (tertiary alicyclic amines) is 1. The van der Waals surface area contributed by atoms with Gasteiger partial charge in [0.05, 0.1) is 28.8 Å². The van der Waals surface area contributed by atoms with Gasteiger partial charge in [-0.25, -0.2) is 4.98 Å². The van der Waals surface area contributed by atoms with Crippen LogP contribution < -0.4 is 5.32 Å². The first-order chi connectivity index (χ1) is 15.6. The number of carbonyl (C=O) groups excluding carboxylic acids is 3. The second-order valence-corrected chi connectivity index (χ2v) is 9.08. The molecule has 0 unspecified atom stereocenters. The van der Waals surface area contributed by atoms with Gasteiger partial charge in [-0.1, -0.05) is 17.4 Å². The minimum Gasteiger partial charge on any atom is -0.459 e. The van der Waals surface area contributed by atoms with Crippen molar-refractivity contribution in [3.8, 4) is 0 Å². The maximum Gasteiger partial charge on any atom is 0.293 e. The highest BCUT2D eigenvalue weighted by atomic mass is 32.1. The third-order valence-corrected chi connectivity index (χ3v) is 7.05. The Hall–Kier alpha value is -3.33. The van der Waals surface area contributed by atoms with Crippen LogP contribution in [0.2, 0.25) is 0 Å². The number of furan rings is 1. The number of Topliss-reactive ketones (excluding diaryl/α,β-unsaturated/α-hetero) is 1. The van der Waals surface area contributed by atoms with Crippen molar-refractivity contribution >= 4 is 34.1 Å². The van der Waals surface area contributed by atoms with E-state index in [1.54, 1.807) is 18.3 Å². The molecule has 5 rings (SSSR count). The lowest BCUT2D eigenvalue weighted by molar-refractivity contribution is -0.139. The van der Waals surface area contributed by atoms with Gasteiger partial charge in [-0.3, -0.25) is 24.7 Å². The van der Waals surface area contributed by atoms with Crippen LogP contribution in [0.5, 0.6) is 0 Å². The van der Waals surface area contributed by atoms with Crippen molar-refractivity contribution in [1.29, 1.82) is 0 Å². The molecule has 1 N–H and O–H groups in total. The van der Waals surface area contributed by atoms with Gasteiger partial charge in [-0.2, -0.15) is 0 Å². The summed E-state index contributed by atoms with van der Waals surface area (Å²) in [7, 11) is 0. The van der Waals surface area contributed by atoms with Crippen LogP contribution >= 0.6 is 11.3 Å². The molecule has 0 radical (unpaired) electrons. The number of anilines is 1. The smallest absolute Gasteiger partial charge is 0.293 e. The first kappa shape index (κ1) is 20.6. The van der Waals surface area contributed by atoms with E-state index in [9.17, 15) is 14.4 Å². The van der Waals surface area contributed by atoms with Crippen molar-refractivity contribution in [2.45, 2.75) is 38.1 Å². The summed E-state index contributed by atoms with van der Waals surface area (Å²) in [6, 6.07) is 7.06. The Morgan fingerprint density at radius 1 is 1.19 bits per heavy atom. The second-order valence-electron chi connectivity index (χ2n) is 8.08. The average Bonchev–Trinajstić information content (AvgIpc) is 3.49. The quantitative estimate of drug-likeness (QED) is 0.647. The van der Waals surface area contributed by atoms with Gasteiger partial charge in [0.25, 0.3) is 5.91 Å². The van der Waals surface area contributed by atoms with Crippen molar-refractivity contribution in [2.75, 3.05) is 11.9 Å². The normalized spacial score (nSPS) is 20.6. The molecule has 32 heavy (non-hydrogen) atoms. The summed E-state index contributed by atoms with van der Waals surface area (Å²) >= 11 is 1.15. The zero-order chi connectivity index (χ0) is 22.1. The van der Waals surface area contributed by atoms with Crippen LogP contribution in [0.4, 0.5) is 5.13 Å². The predicted molar refractivity (Wildman–Crippen MR) is 117 cm³/mol. The molecule has 2 atom stereocenters. The van der Waals surface area contributed by atoms with E-state index < -0.39 is 11.8 Å². The second kappa shape index (κ2) is 8.66. The van der Waals surface area contributed by atoms with Gasteiger partial charge < -0.3 is 9.32 Å². The number of nitrogens with zero attached hydrogens (tertiary/aromatic N) is 3. The molecular formula is C23H22N4O4S. The molecule has 1 fully saturated rings. The van der Waals surface area contributed by atoms with Crippen LogP contribution in [0.15, 0.2) is 47.3 Å². The molecule has 164 valence electrons. The summed E-state index contributed by atoms with van der Waals surface area (Å²) in [5.41, 5.74) is 1.61. The van der Waals surface area contributed by atoms with Gasteiger partial charge in [0.1, 0.15) is 0 Å². The average molecular weight is 451 g/mol. The fourth-order valence-corrected chi connectivity index (χ4v) is 5.41. The Morgan fingerprint density at radius 2 is 2.09 bits per heavy atom. The maximum absolute atomic E-state index is 13.5. The number of hydrogen-bond acceptors (Lipinski definition) is 7. The van der Waals surface area contributed by atoms with E-state index in [1.165, 1.54) is 6.26 Å². The van der Waals surface area contributed by atoms with Crippen molar-refractivity contribution < 1.29 is 18.8 Å². The zero-order valence-electron chi connectivity index (χ0n) is 17.3. The fraction of sp³-hybridized carbons (Fsp3) is 0.348. The standard InChI is InChI=1S/C23H22N4O4S/c28-18-12-15(22(30)27-9-2-1-6-17(27)14-5-3-8-24-13-14)11-16-20(18)32-23(25-16)26-21(29)19-7-4-10-31-19/h3-5,7-8,10,13,15,17H,1-2,6,9,11-12H2,(H,25,26,29)/t15-,17-/m1/s1. The van der Waals surface area contributed by atoms with Gasteiger partial charge in [-0.05, 0) is 43.0 Å². The van der Waals surface area contributed by atoms with Crippen LogP contribution in [0.3, 0.4) is 0 Å². The van der Waals surface area contributed by atoms with E-state index in [2.05, 4.69) is 15.3 Å². The number of rotatable bonds is 4. The number of ketones is 1. The highest BCUT2D eigenvalue weighted by Crippen LogP contribution is 2.36. The highest BCUT2D eigenvalue weighted by molar-refractivity contribution is 7.17. The van der Waals surface area contributed by atoms with Crippen molar-refractivity contribution in [2.24, 2.45) is 5.92 Å². The van der Waals surface area contributed by atoms with Crippen molar-refractivity contribution in [3.63, 3.8) is 0 Å². The Kier molecular flexibility index (Phi) is 5.57. The number of carbonyl (C=O) groups is 3. The highest BCUT2D eigenvalue weighted by Gasteiger charge is 2.38. The number of fused-ring (bicyclic) bond motifs is 1. The van der Waals surface area contributed by atoms with Crippen LogP contribution in [0.25, 0.3) is 0 Å². The molecule has 9 heteroatoms. The summed E-state index contributed by atoms with van der Waals surface area (Å²) in [6.07, 6.45) is 8.41.